The molecule has 0 aromatic carbocycles. The van der Waals surface area contributed by atoms with Crippen LogP contribution in [0.15, 0.2) is 29.0 Å². The summed E-state index contributed by atoms with van der Waals surface area (Å²) in [5, 5.41) is 0. The number of nitrogens with zero attached hydrogens (tertiary/aromatic N) is 3. The van der Waals surface area contributed by atoms with Crippen molar-refractivity contribution in [3.8, 4) is 5.75 Å². The van der Waals surface area contributed by atoms with E-state index in [1.54, 1.807) is 12.4 Å². The number of aromatic nitrogens is 2. The van der Waals surface area contributed by atoms with Crippen molar-refractivity contribution in [3.05, 3.63) is 29.0 Å². The SMILES string of the molecule is Brc1cnc2c(OCCN3CCCC3)ccnc2c1. The van der Waals surface area contributed by atoms with E-state index >= 15 is 0 Å². The first kappa shape index (κ1) is 12.8. The van der Waals surface area contributed by atoms with Crippen molar-refractivity contribution < 1.29 is 4.74 Å². The van der Waals surface area contributed by atoms with Crippen molar-refractivity contribution in [2.24, 2.45) is 0 Å². The summed E-state index contributed by atoms with van der Waals surface area (Å²) in [4.78, 5) is 11.1. The first-order valence-electron chi connectivity index (χ1n) is 6.58. The molecule has 0 unspecified atom stereocenters. The lowest BCUT2D eigenvalue weighted by Gasteiger charge is -2.15. The van der Waals surface area contributed by atoms with Crippen molar-refractivity contribution in [1.82, 2.24) is 14.9 Å². The van der Waals surface area contributed by atoms with E-state index in [9.17, 15) is 0 Å². The number of likely N-dealkylation sites (tertiary alicyclic amines) is 1. The Bertz CT molecular complexity index is 570. The molecular formula is C14H16BrN3O. The molecule has 0 N–H and O–H groups in total. The fourth-order valence-corrected chi connectivity index (χ4v) is 2.71. The van der Waals surface area contributed by atoms with E-state index in [1.165, 1.54) is 25.9 Å². The van der Waals surface area contributed by atoms with E-state index in [0.29, 0.717) is 6.61 Å². The fourth-order valence-electron chi connectivity index (χ4n) is 2.39. The van der Waals surface area contributed by atoms with E-state index in [-0.39, 0.29) is 0 Å². The monoisotopic (exact) mass is 321 g/mol. The Balaban J connectivity index is 1.70. The number of ether oxygens (including phenoxy) is 1. The van der Waals surface area contributed by atoms with Gasteiger partial charge < -0.3 is 4.74 Å². The highest BCUT2D eigenvalue weighted by atomic mass is 79.9. The minimum atomic E-state index is 0.705. The van der Waals surface area contributed by atoms with Crippen LogP contribution in [0, 0.1) is 0 Å². The average molecular weight is 322 g/mol. The summed E-state index contributed by atoms with van der Waals surface area (Å²) in [5.74, 6) is 0.816. The van der Waals surface area contributed by atoms with Gasteiger partial charge in [-0.05, 0) is 47.9 Å². The van der Waals surface area contributed by atoms with Crippen molar-refractivity contribution in [2.75, 3.05) is 26.2 Å². The van der Waals surface area contributed by atoms with Gasteiger partial charge in [-0.3, -0.25) is 9.88 Å². The van der Waals surface area contributed by atoms with Gasteiger partial charge in [0.05, 0.1) is 5.52 Å². The third-order valence-electron chi connectivity index (χ3n) is 3.37. The summed E-state index contributed by atoms with van der Waals surface area (Å²) in [6.07, 6.45) is 6.17. The van der Waals surface area contributed by atoms with E-state index in [2.05, 4.69) is 30.8 Å². The second kappa shape index (κ2) is 5.84. The zero-order chi connectivity index (χ0) is 13.1. The number of fused-ring (bicyclic) bond motifs is 1. The Labute approximate surface area is 120 Å². The molecule has 0 radical (unpaired) electrons. The summed E-state index contributed by atoms with van der Waals surface area (Å²) < 4.78 is 6.79. The molecule has 0 bridgehead atoms. The Morgan fingerprint density at radius 3 is 2.95 bits per heavy atom. The first-order valence-corrected chi connectivity index (χ1v) is 7.38. The van der Waals surface area contributed by atoms with Crippen LogP contribution in [-0.2, 0) is 0 Å². The molecule has 0 atom stereocenters. The molecule has 3 rings (SSSR count). The zero-order valence-corrected chi connectivity index (χ0v) is 12.3. The maximum Gasteiger partial charge on any atom is 0.148 e. The number of hydrogen-bond acceptors (Lipinski definition) is 4. The molecule has 19 heavy (non-hydrogen) atoms. The molecule has 0 aliphatic carbocycles. The topological polar surface area (TPSA) is 38.2 Å². The predicted molar refractivity (Wildman–Crippen MR) is 78.4 cm³/mol. The molecule has 1 aliphatic heterocycles. The highest BCUT2D eigenvalue weighted by Crippen LogP contribution is 2.23. The van der Waals surface area contributed by atoms with Gasteiger partial charge in [0, 0.05) is 29.5 Å². The summed E-state index contributed by atoms with van der Waals surface area (Å²) in [6.45, 7) is 4.09. The Kier molecular flexibility index (Phi) is 3.94. The van der Waals surface area contributed by atoms with Crippen LogP contribution in [0.5, 0.6) is 5.75 Å². The molecular weight excluding hydrogens is 306 g/mol. The Morgan fingerprint density at radius 1 is 1.26 bits per heavy atom. The van der Waals surface area contributed by atoms with Crippen molar-refractivity contribution in [2.45, 2.75) is 12.8 Å². The Morgan fingerprint density at radius 2 is 2.11 bits per heavy atom. The summed E-state index contributed by atoms with van der Waals surface area (Å²) in [5.41, 5.74) is 1.68. The van der Waals surface area contributed by atoms with Crippen molar-refractivity contribution in [3.63, 3.8) is 0 Å². The molecule has 1 fully saturated rings. The third kappa shape index (κ3) is 3.04. The number of pyridine rings is 2. The lowest BCUT2D eigenvalue weighted by Crippen LogP contribution is -2.25. The zero-order valence-electron chi connectivity index (χ0n) is 10.7. The van der Waals surface area contributed by atoms with Crippen LogP contribution in [0.4, 0.5) is 0 Å². The van der Waals surface area contributed by atoms with Gasteiger partial charge in [0.1, 0.15) is 17.9 Å². The third-order valence-corrected chi connectivity index (χ3v) is 3.80. The number of rotatable bonds is 4. The molecule has 0 spiro atoms. The fraction of sp³-hybridized carbons (Fsp3) is 0.429. The van der Waals surface area contributed by atoms with E-state index in [1.807, 2.05) is 12.1 Å². The maximum atomic E-state index is 5.86. The summed E-state index contributed by atoms with van der Waals surface area (Å²) in [6, 6.07) is 3.84. The lowest BCUT2D eigenvalue weighted by atomic mass is 10.3. The van der Waals surface area contributed by atoms with Gasteiger partial charge in [0.25, 0.3) is 0 Å². The van der Waals surface area contributed by atoms with Gasteiger partial charge in [0.15, 0.2) is 0 Å². The van der Waals surface area contributed by atoms with Crippen LogP contribution in [-0.4, -0.2) is 41.1 Å². The smallest absolute Gasteiger partial charge is 0.148 e. The van der Waals surface area contributed by atoms with Gasteiger partial charge in [-0.1, -0.05) is 0 Å². The second-order valence-electron chi connectivity index (χ2n) is 4.73. The number of halogens is 1. The highest BCUT2D eigenvalue weighted by Gasteiger charge is 2.11. The van der Waals surface area contributed by atoms with Gasteiger partial charge in [-0.15, -0.1) is 0 Å². The average Bonchev–Trinajstić information content (AvgIpc) is 2.92. The normalized spacial score (nSPS) is 16.1. The lowest BCUT2D eigenvalue weighted by molar-refractivity contribution is 0.239. The van der Waals surface area contributed by atoms with Gasteiger partial charge >= 0.3 is 0 Å². The van der Waals surface area contributed by atoms with Gasteiger partial charge in [0.2, 0.25) is 0 Å². The highest BCUT2D eigenvalue weighted by molar-refractivity contribution is 9.10. The molecule has 2 aromatic heterocycles. The van der Waals surface area contributed by atoms with Gasteiger partial charge in [-0.2, -0.15) is 0 Å². The van der Waals surface area contributed by atoms with Crippen LogP contribution in [0.25, 0.3) is 11.0 Å². The predicted octanol–water partition coefficient (Wildman–Crippen LogP) is 2.87. The van der Waals surface area contributed by atoms with Gasteiger partial charge in [-0.25, -0.2) is 4.98 Å². The molecule has 5 heteroatoms. The standard InChI is InChI=1S/C14H16BrN3O/c15-11-9-12-14(17-10-11)13(3-4-16-12)19-8-7-18-5-1-2-6-18/h3-4,9-10H,1-2,5-8H2. The molecule has 4 nitrogen and oxygen atoms in total. The largest absolute Gasteiger partial charge is 0.490 e. The minimum absolute atomic E-state index is 0.705. The van der Waals surface area contributed by atoms with E-state index < -0.39 is 0 Å². The van der Waals surface area contributed by atoms with Crippen LogP contribution in [0.2, 0.25) is 0 Å². The van der Waals surface area contributed by atoms with Crippen molar-refractivity contribution >= 4 is 27.0 Å². The van der Waals surface area contributed by atoms with Crippen LogP contribution in [0.3, 0.4) is 0 Å². The van der Waals surface area contributed by atoms with Crippen LogP contribution >= 0.6 is 15.9 Å². The summed E-state index contributed by atoms with van der Waals surface area (Å²) in [7, 11) is 0. The number of hydrogen-bond donors (Lipinski definition) is 0. The van der Waals surface area contributed by atoms with E-state index in [4.69, 9.17) is 4.74 Å². The molecule has 100 valence electrons. The quantitative estimate of drug-likeness (QED) is 0.868. The molecule has 2 aromatic rings. The molecule has 1 aliphatic rings. The second-order valence-corrected chi connectivity index (χ2v) is 5.64. The molecule has 0 saturated carbocycles. The van der Waals surface area contributed by atoms with Crippen molar-refractivity contribution in [1.29, 1.82) is 0 Å². The van der Waals surface area contributed by atoms with E-state index in [0.717, 1.165) is 27.8 Å². The molecule has 0 amide bonds. The minimum Gasteiger partial charge on any atom is -0.490 e. The Hall–Kier alpha value is -1.20. The molecule has 3 heterocycles. The van der Waals surface area contributed by atoms with Crippen LogP contribution < -0.4 is 4.74 Å². The maximum absolute atomic E-state index is 5.86. The molecule has 1 saturated heterocycles. The summed E-state index contributed by atoms with van der Waals surface area (Å²) >= 11 is 3.40. The first-order chi connectivity index (χ1) is 9.33. The van der Waals surface area contributed by atoms with Crippen LogP contribution in [0.1, 0.15) is 12.8 Å².